The first-order valence-electron chi connectivity index (χ1n) is 10.9. The topological polar surface area (TPSA) is 9.23 Å². The minimum atomic E-state index is -0.00705. The van der Waals surface area contributed by atoms with Gasteiger partial charge in [-0.3, -0.25) is 0 Å². The van der Waals surface area contributed by atoms with Crippen LogP contribution in [0.2, 0.25) is 0 Å². The number of hydrogen-bond donors (Lipinski definition) is 0. The Morgan fingerprint density at radius 1 is 0.700 bits per heavy atom. The van der Waals surface area contributed by atoms with Crippen LogP contribution in [0, 0.1) is 0 Å². The molecule has 0 fully saturated rings. The highest BCUT2D eigenvalue weighted by Gasteiger charge is 2.28. The van der Waals surface area contributed by atoms with E-state index in [1.54, 1.807) is 6.26 Å². The summed E-state index contributed by atoms with van der Waals surface area (Å²) in [4.78, 5) is 0. The van der Waals surface area contributed by atoms with Gasteiger partial charge in [-0.25, -0.2) is 0 Å². The van der Waals surface area contributed by atoms with Gasteiger partial charge in [-0.2, -0.15) is 0 Å². The quantitative estimate of drug-likeness (QED) is 0.321. The van der Waals surface area contributed by atoms with Gasteiger partial charge in [0.05, 0.1) is 6.26 Å². The Bertz CT molecular complexity index is 1310. The van der Waals surface area contributed by atoms with Crippen molar-refractivity contribution in [1.82, 2.24) is 0 Å². The first-order chi connectivity index (χ1) is 14.9. The van der Waals surface area contributed by atoms with E-state index in [4.69, 9.17) is 4.74 Å². The molecule has 2 unspecified atom stereocenters. The fourth-order valence-corrected chi connectivity index (χ4v) is 5.39. The molecular formula is C29H24O. The van der Waals surface area contributed by atoms with Crippen molar-refractivity contribution in [3.8, 4) is 0 Å². The van der Waals surface area contributed by atoms with Crippen LogP contribution in [0.15, 0.2) is 97.3 Å². The zero-order valence-electron chi connectivity index (χ0n) is 16.9. The van der Waals surface area contributed by atoms with E-state index < -0.39 is 0 Å². The van der Waals surface area contributed by atoms with E-state index in [0.29, 0.717) is 5.92 Å². The molecule has 4 aromatic rings. The standard InChI is InChI=1S/C29H24O/c1-2-10-22-20(8-1)15-18-27-24(22)17-16-21-9-7-13-26(29(21)27)23-11-3-4-12-25(23)28-14-5-6-19-30-28/h1-6,8,10-12,14-19,26,28H,7,9,13H2. The molecule has 1 aliphatic heterocycles. The van der Waals surface area contributed by atoms with E-state index in [0.717, 1.165) is 0 Å². The van der Waals surface area contributed by atoms with E-state index in [2.05, 4.69) is 84.9 Å². The normalized spacial score (nSPS) is 20.3. The average Bonchev–Trinajstić information content (AvgIpc) is 2.84. The molecule has 0 spiro atoms. The highest BCUT2D eigenvalue weighted by atomic mass is 16.5. The smallest absolute Gasteiger partial charge is 0.142 e. The van der Waals surface area contributed by atoms with Gasteiger partial charge >= 0.3 is 0 Å². The molecule has 0 N–H and O–H groups in total. The maximum atomic E-state index is 5.96. The third kappa shape index (κ3) is 2.77. The van der Waals surface area contributed by atoms with Gasteiger partial charge in [-0.1, -0.05) is 78.9 Å². The van der Waals surface area contributed by atoms with Crippen LogP contribution in [0.4, 0.5) is 0 Å². The van der Waals surface area contributed by atoms with Gasteiger partial charge in [0.1, 0.15) is 6.10 Å². The van der Waals surface area contributed by atoms with Gasteiger partial charge < -0.3 is 4.74 Å². The molecule has 1 aliphatic carbocycles. The second-order valence-corrected chi connectivity index (χ2v) is 8.36. The Hall–Kier alpha value is -3.32. The van der Waals surface area contributed by atoms with Gasteiger partial charge in [0.15, 0.2) is 0 Å². The van der Waals surface area contributed by atoms with Gasteiger partial charge in [-0.15, -0.1) is 0 Å². The first-order valence-corrected chi connectivity index (χ1v) is 10.9. The molecule has 0 saturated carbocycles. The monoisotopic (exact) mass is 388 g/mol. The number of benzene rings is 4. The molecule has 2 atom stereocenters. The third-order valence-corrected chi connectivity index (χ3v) is 6.72. The number of fused-ring (bicyclic) bond motifs is 5. The molecular weight excluding hydrogens is 364 g/mol. The van der Waals surface area contributed by atoms with E-state index in [1.165, 1.54) is 63.1 Å². The van der Waals surface area contributed by atoms with Crippen LogP contribution in [-0.4, -0.2) is 0 Å². The van der Waals surface area contributed by atoms with Crippen molar-refractivity contribution in [2.75, 3.05) is 0 Å². The second kappa shape index (κ2) is 7.18. The highest BCUT2D eigenvalue weighted by Crippen LogP contribution is 2.44. The Morgan fingerprint density at radius 3 is 2.43 bits per heavy atom. The summed E-state index contributed by atoms with van der Waals surface area (Å²) in [5.74, 6) is 0.401. The molecule has 2 aliphatic rings. The van der Waals surface area contributed by atoms with Crippen molar-refractivity contribution in [2.24, 2.45) is 0 Å². The van der Waals surface area contributed by atoms with Crippen LogP contribution in [-0.2, 0) is 11.2 Å². The van der Waals surface area contributed by atoms with E-state index in [1.807, 2.05) is 6.08 Å². The molecule has 1 heterocycles. The van der Waals surface area contributed by atoms with Crippen LogP contribution in [0.3, 0.4) is 0 Å². The summed E-state index contributed by atoms with van der Waals surface area (Å²) in [5.41, 5.74) is 5.72. The summed E-state index contributed by atoms with van der Waals surface area (Å²) in [6.45, 7) is 0. The van der Waals surface area contributed by atoms with Crippen molar-refractivity contribution in [3.05, 3.63) is 120 Å². The molecule has 0 aromatic heterocycles. The van der Waals surface area contributed by atoms with E-state index in [-0.39, 0.29) is 6.10 Å². The van der Waals surface area contributed by atoms with Crippen molar-refractivity contribution in [3.63, 3.8) is 0 Å². The number of aryl methyl sites for hydroxylation is 1. The molecule has 4 aromatic carbocycles. The van der Waals surface area contributed by atoms with Gasteiger partial charge in [0, 0.05) is 11.5 Å². The Labute approximate surface area is 177 Å². The molecule has 146 valence electrons. The van der Waals surface area contributed by atoms with Crippen molar-refractivity contribution in [2.45, 2.75) is 31.3 Å². The van der Waals surface area contributed by atoms with Crippen molar-refractivity contribution < 1.29 is 4.74 Å². The predicted molar refractivity (Wildman–Crippen MR) is 125 cm³/mol. The number of hydrogen-bond acceptors (Lipinski definition) is 1. The SMILES string of the molecule is C1=COC(c2ccccc2C2CCCc3ccc4c(ccc5ccccc54)c32)C=C1. The van der Waals surface area contributed by atoms with E-state index >= 15 is 0 Å². The summed E-state index contributed by atoms with van der Waals surface area (Å²) >= 11 is 0. The lowest BCUT2D eigenvalue weighted by molar-refractivity contribution is 0.185. The first kappa shape index (κ1) is 17.5. The van der Waals surface area contributed by atoms with Crippen molar-refractivity contribution in [1.29, 1.82) is 0 Å². The average molecular weight is 389 g/mol. The summed E-state index contributed by atoms with van der Waals surface area (Å²) < 4.78 is 5.96. The second-order valence-electron chi connectivity index (χ2n) is 8.36. The molecule has 0 amide bonds. The molecule has 1 heteroatoms. The van der Waals surface area contributed by atoms with Crippen LogP contribution in [0.1, 0.15) is 47.1 Å². The molecule has 0 bridgehead atoms. The zero-order chi connectivity index (χ0) is 19.9. The Kier molecular flexibility index (Phi) is 4.19. The van der Waals surface area contributed by atoms with Crippen LogP contribution in [0.5, 0.6) is 0 Å². The summed E-state index contributed by atoms with van der Waals surface area (Å²) in [6, 6.07) is 26.9. The number of allylic oxidation sites excluding steroid dienone is 2. The lowest BCUT2D eigenvalue weighted by Crippen LogP contribution is -2.15. The third-order valence-electron chi connectivity index (χ3n) is 6.72. The lowest BCUT2D eigenvalue weighted by Gasteiger charge is -2.31. The Morgan fingerprint density at radius 2 is 1.53 bits per heavy atom. The van der Waals surface area contributed by atoms with Crippen molar-refractivity contribution >= 4 is 21.5 Å². The van der Waals surface area contributed by atoms with Crippen LogP contribution < -0.4 is 0 Å². The summed E-state index contributed by atoms with van der Waals surface area (Å²) in [7, 11) is 0. The molecule has 1 nitrogen and oxygen atoms in total. The highest BCUT2D eigenvalue weighted by molar-refractivity contribution is 6.09. The predicted octanol–water partition coefficient (Wildman–Crippen LogP) is 7.60. The fraction of sp³-hybridized carbons (Fsp3) is 0.172. The Balaban J connectivity index is 1.58. The number of ether oxygens (including phenoxy) is 1. The minimum absolute atomic E-state index is 0.00705. The minimum Gasteiger partial charge on any atom is -0.489 e. The molecule has 0 saturated heterocycles. The fourth-order valence-electron chi connectivity index (χ4n) is 5.39. The van der Waals surface area contributed by atoms with Gasteiger partial charge in [0.25, 0.3) is 0 Å². The van der Waals surface area contributed by atoms with Crippen LogP contribution >= 0.6 is 0 Å². The van der Waals surface area contributed by atoms with Gasteiger partial charge in [0.2, 0.25) is 0 Å². The summed E-state index contributed by atoms with van der Waals surface area (Å²) in [5, 5.41) is 5.43. The maximum Gasteiger partial charge on any atom is 0.142 e. The molecule has 6 rings (SSSR count). The number of rotatable bonds is 2. The molecule has 0 radical (unpaired) electrons. The van der Waals surface area contributed by atoms with Gasteiger partial charge in [-0.05, 0) is 69.6 Å². The lowest BCUT2D eigenvalue weighted by atomic mass is 9.74. The van der Waals surface area contributed by atoms with E-state index in [9.17, 15) is 0 Å². The molecule has 30 heavy (non-hydrogen) atoms. The summed E-state index contributed by atoms with van der Waals surface area (Å²) in [6.07, 6.45) is 11.6. The largest absolute Gasteiger partial charge is 0.489 e. The maximum absolute atomic E-state index is 5.96. The zero-order valence-corrected chi connectivity index (χ0v) is 16.9. The van der Waals surface area contributed by atoms with Crippen LogP contribution in [0.25, 0.3) is 21.5 Å².